The van der Waals surface area contributed by atoms with Gasteiger partial charge in [0, 0.05) is 10.4 Å². The first kappa shape index (κ1) is 8.54. The molecule has 1 saturated carbocycles. The molecule has 1 N–H and O–H groups in total. The van der Waals surface area contributed by atoms with Crippen LogP contribution >= 0.6 is 22.9 Å². The lowest BCUT2D eigenvalue weighted by Gasteiger charge is -2.11. The van der Waals surface area contributed by atoms with Gasteiger partial charge in [0.25, 0.3) is 0 Å². The van der Waals surface area contributed by atoms with Crippen molar-refractivity contribution < 1.29 is 0 Å². The minimum atomic E-state index is 0.411. The van der Waals surface area contributed by atoms with Gasteiger partial charge in [-0.25, -0.2) is 0 Å². The van der Waals surface area contributed by atoms with E-state index in [1.165, 1.54) is 17.7 Å². The summed E-state index contributed by atoms with van der Waals surface area (Å²) < 4.78 is 0.900. The zero-order chi connectivity index (χ0) is 8.60. The summed E-state index contributed by atoms with van der Waals surface area (Å²) in [6.45, 7) is 0. The summed E-state index contributed by atoms with van der Waals surface area (Å²) >= 11 is 7.55. The molecule has 1 aliphatic carbocycles. The molecule has 0 unspecified atom stereocenters. The van der Waals surface area contributed by atoms with E-state index in [0.29, 0.717) is 5.54 Å². The first-order chi connectivity index (χ1) is 5.74. The Morgan fingerprint density at radius 1 is 1.58 bits per heavy atom. The summed E-state index contributed by atoms with van der Waals surface area (Å²) in [5, 5.41) is 3.37. The second-order valence-electron chi connectivity index (χ2n) is 3.41. The van der Waals surface area contributed by atoms with Crippen LogP contribution < -0.4 is 5.32 Å². The van der Waals surface area contributed by atoms with Gasteiger partial charge in [0.05, 0.1) is 4.34 Å². The maximum Gasteiger partial charge on any atom is 0.0931 e. The third-order valence-electron chi connectivity index (χ3n) is 2.53. The lowest BCUT2D eigenvalue weighted by Crippen LogP contribution is -2.29. The number of rotatable bonds is 3. The van der Waals surface area contributed by atoms with Crippen LogP contribution in [0, 0.1) is 0 Å². The summed E-state index contributed by atoms with van der Waals surface area (Å²) in [7, 11) is 2.04. The Labute approximate surface area is 81.7 Å². The second kappa shape index (κ2) is 3.02. The van der Waals surface area contributed by atoms with Gasteiger partial charge in [0.15, 0.2) is 0 Å². The molecule has 0 atom stereocenters. The lowest BCUT2D eigenvalue weighted by molar-refractivity contribution is 0.553. The van der Waals surface area contributed by atoms with E-state index in [0.717, 1.165) is 10.8 Å². The molecule has 1 aliphatic rings. The summed E-state index contributed by atoms with van der Waals surface area (Å²) in [6.07, 6.45) is 3.75. The normalized spacial score (nSPS) is 19.5. The molecule has 1 heterocycles. The Kier molecular flexibility index (Phi) is 2.15. The van der Waals surface area contributed by atoms with Gasteiger partial charge < -0.3 is 5.32 Å². The van der Waals surface area contributed by atoms with Crippen molar-refractivity contribution in [2.24, 2.45) is 0 Å². The third-order valence-corrected chi connectivity index (χ3v) is 3.76. The van der Waals surface area contributed by atoms with Crippen LogP contribution in [0.1, 0.15) is 17.7 Å². The van der Waals surface area contributed by atoms with E-state index >= 15 is 0 Å². The molecule has 0 spiro atoms. The van der Waals surface area contributed by atoms with E-state index in [1.54, 1.807) is 11.3 Å². The number of nitrogens with one attached hydrogen (secondary N) is 1. The zero-order valence-electron chi connectivity index (χ0n) is 7.06. The predicted octanol–water partition coefficient (Wildman–Crippen LogP) is 2.70. The SMILES string of the molecule is CNC1(Cc2ccc(Cl)s2)CC1. The van der Waals surface area contributed by atoms with Gasteiger partial charge in [-0.3, -0.25) is 0 Å². The monoisotopic (exact) mass is 201 g/mol. The van der Waals surface area contributed by atoms with Crippen molar-refractivity contribution >= 4 is 22.9 Å². The Morgan fingerprint density at radius 2 is 2.33 bits per heavy atom. The molecule has 66 valence electrons. The van der Waals surface area contributed by atoms with Gasteiger partial charge in [-0.1, -0.05) is 11.6 Å². The maximum atomic E-state index is 5.85. The smallest absolute Gasteiger partial charge is 0.0931 e. The minimum Gasteiger partial charge on any atom is -0.314 e. The molecule has 0 radical (unpaired) electrons. The van der Waals surface area contributed by atoms with Gasteiger partial charge >= 0.3 is 0 Å². The first-order valence-corrected chi connectivity index (χ1v) is 5.37. The largest absolute Gasteiger partial charge is 0.314 e. The summed E-state index contributed by atoms with van der Waals surface area (Å²) in [4.78, 5) is 1.40. The van der Waals surface area contributed by atoms with Crippen molar-refractivity contribution in [1.82, 2.24) is 5.32 Å². The minimum absolute atomic E-state index is 0.411. The lowest BCUT2D eigenvalue weighted by atomic mass is 10.1. The molecular formula is C9H12ClNS. The van der Waals surface area contributed by atoms with E-state index < -0.39 is 0 Å². The van der Waals surface area contributed by atoms with Crippen molar-refractivity contribution in [2.75, 3.05) is 7.05 Å². The summed E-state index contributed by atoms with van der Waals surface area (Å²) in [5.41, 5.74) is 0.411. The fourth-order valence-corrected chi connectivity index (χ4v) is 2.68. The Hall–Kier alpha value is -0.0500. The number of thiophene rings is 1. The average molecular weight is 202 g/mol. The van der Waals surface area contributed by atoms with E-state index in [9.17, 15) is 0 Å². The highest BCUT2D eigenvalue weighted by atomic mass is 35.5. The van der Waals surface area contributed by atoms with Crippen molar-refractivity contribution in [3.63, 3.8) is 0 Å². The quantitative estimate of drug-likeness (QED) is 0.793. The highest BCUT2D eigenvalue weighted by Gasteiger charge is 2.40. The number of hydrogen-bond acceptors (Lipinski definition) is 2. The van der Waals surface area contributed by atoms with Crippen LogP contribution in [0.15, 0.2) is 12.1 Å². The van der Waals surface area contributed by atoms with Crippen LogP contribution in [0.4, 0.5) is 0 Å². The van der Waals surface area contributed by atoms with E-state index in [4.69, 9.17) is 11.6 Å². The molecule has 2 rings (SSSR count). The highest BCUT2D eigenvalue weighted by Crippen LogP contribution is 2.39. The van der Waals surface area contributed by atoms with Gasteiger partial charge in [-0.2, -0.15) is 0 Å². The van der Waals surface area contributed by atoms with Crippen LogP contribution in [-0.2, 0) is 6.42 Å². The van der Waals surface area contributed by atoms with Crippen molar-refractivity contribution in [3.8, 4) is 0 Å². The number of hydrogen-bond donors (Lipinski definition) is 1. The van der Waals surface area contributed by atoms with Crippen molar-refractivity contribution in [1.29, 1.82) is 0 Å². The third kappa shape index (κ3) is 1.65. The Bertz CT molecular complexity index is 278. The fourth-order valence-electron chi connectivity index (χ4n) is 1.45. The van der Waals surface area contributed by atoms with E-state index in [-0.39, 0.29) is 0 Å². The van der Waals surface area contributed by atoms with E-state index in [1.807, 2.05) is 13.1 Å². The molecule has 0 aliphatic heterocycles. The van der Waals surface area contributed by atoms with Gasteiger partial charge in [0.2, 0.25) is 0 Å². The molecular weight excluding hydrogens is 190 g/mol. The Balaban J connectivity index is 2.04. The van der Waals surface area contributed by atoms with Crippen LogP contribution in [-0.4, -0.2) is 12.6 Å². The zero-order valence-corrected chi connectivity index (χ0v) is 8.63. The molecule has 0 amide bonds. The standard InChI is InChI=1S/C9H12ClNS/c1-11-9(4-5-9)6-7-2-3-8(10)12-7/h2-3,11H,4-6H2,1H3. The Morgan fingerprint density at radius 3 is 2.75 bits per heavy atom. The molecule has 1 nitrogen and oxygen atoms in total. The van der Waals surface area contributed by atoms with Crippen molar-refractivity contribution in [2.45, 2.75) is 24.8 Å². The second-order valence-corrected chi connectivity index (χ2v) is 5.21. The fraction of sp³-hybridized carbons (Fsp3) is 0.556. The van der Waals surface area contributed by atoms with E-state index in [2.05, 4.69) is 11.4 Å². The van der Waals surface area contributed by atoms with Crippen molar-refractivity contribution in [3.05, 3.63) is 21.3 Å². The van der Waals surface area contributed by atoms with Gasteiger partial charge in [-0.15, -0.1) is 11.3 Å². The molecule has 0 aromatic carbocycles. The van der Waals surface area contributed by atoms with Crippen LogP contribution in [0.5, 0.6) is 0 Å². The number of likely N-dealkylation sites (N-methyl/N-ethyl adjacent to an activating group) is 1. The molecule has 1 aromatic heterocycles. The molecule has 1 aromatic rings. The summed E-state index contributed by atoms with van der Waals surface area (Å²) in [6, 6.07) is 4.11. The molecule has 0 bridgehead atoms. The molecule has 1 fully saturated rings. The van der Waals surface area contributed by atoms with Crippen LogP contribution in [0.2, 0.25) is 4.34 Å². The molecule has 12 heavy (non-hydrogen) atoms. The van der Waals surface area contributed by atoms with Crippen LogP contribution in [0.3, 0.4) is 0 Å². The first-order valence-electron chi connectivity index (χ1n) is 4.17. The van der Waals surface area contributed by atoms with Gasteiger partial charge in [-0.05, 0) is 38.4 Å². The average Bonchev–Trinajstić information content (AvgIpc) is 2.71. The van der Waals surface area contributed by atoms with Gasteiger partial charge in [0.1, 0.15) is 0 Å². The maximum absolute atomic E-state index is 5.85. The predicted molar refractivity (Wildman–Crippen MR) is 54.1 cm³/mol. The molecule has 0 saturated heterocycles. The number of halogens is 1. The topological polar surface area (TPSA) is 12.0 Å². The van der Waals surface area contributed by atoms with Crippen LogP contribution in [0.25, 0.3) is 0 Å². The highest BCUT2D eigenvalue weighted by molar-refractivity contribution is 7.16. The molecule has 3 heteroatoms. The summed E-state index contributed by atoms with van der Waals surface area (Å²) in [5.74, 6) is 0.